The minimum absolute atomic E-state index is 0.0168. The van der Waals surface area contributed by atoms with Gasteiger partial charge in [-0.15, -0.1) is 0 Å². The summed E-state index contributed by atoms with van der Waals surface area (Å²) >= 11 is 12.3. The highest BCUT2D eigenvalue weighted by atomic mass is 35.5. The van der Waals surface area contributed by atoms with Gasteiger partial charge in [-0.05, 0) is 86.3 Å². The van der Waals surface area contributed by atoms with Crippen LogP contribution in [0.5, 0.6) is 0 Å². The Kier molecular flexibility index (Phi) is 10.1. The fourth-order valence-electron chi connectivity index (χ4n) is 4.87. The maximum atomic E-state index is 13.3. The van der Waals surface area contributed by atoms with Crippen LogP contribution in [0.3, 0.4) is 0 Å². The molecule has 0 radical (unpaired) electrons. The molecule has 0 saturated carbocycles. The molecule has 1 amide bonds. The highest BCUT2D eigenvalue weighted by Gasteiger charge is 2.26. The van der Waals surface area contributed by atoms with E-state index in [1.54, 1.807) is 6.07 Å². The van der Waals surface area contributed by atoms with Crippen molar-refractivity contribution in [2.75, 3.05) is 25.0 Å². The monoisotopic (exact) mass is 587 g/mol. The van der Waals surface area contributed by atoms with E-state index in [1.807, 2.05) is 56.3 Å². The third kappa shape index (κ3) is 8.05. The fourth-order valence-corrected chi connectivity index (χ4v) is 6.89. The van der Waals surface area contributed by atoms with E-state index in [-0.39, 0.29) is 21.7 Å². The minimum atomic E-state index is -3.89. The van der Waals surface area contributed by atoms with E-state index in [0.717, 1.165) is 43.7 Å². The highest BCUT2D eigenvalue weighted by Crippen LogP contribution is 2.31. The van der Waals surface area contributed by atoms with Crippen molar-refractivity contribution in [2.45, 2.75) is 50.0 Å². The standard InChI is InChI=1S/C30H35Cl2N3O3S/c1-21(2)30(36)33-26-10-6-9-24(19-26)22-13-16-35(17-14-22)18-15-28(23-7-4-3-5-8-23)34-39(37,38)29-20-25(31)11-12-27(29)32/h3-12,19-22,28,34H,13-18H2,1-2H3,(H,33,36)/t28-/m0/s1. The van der Waals surface area contributed by atoms with Crippen molar-refractivity contribution >= 4 is 44.8 Å². The van der Waals surface area contributed by atoms with E-state index in [0.29, 0.717) is 17.4 Å². The largest absolute Gasteiger partial charge is 0.326 e. The van der Waals surface area contributed by atoms with Crippen LogP contribution in [0.4, 0.5) is 5.69 Å². The van der Waals surface area contributed by atoms with Gasteiger partial charge in [-0.3, -0.25) is 4.79 Å². The molecule has 1 aliphatic rings. The van der Waals surface area contributed by atoms with Gasteiger partial charge in [0.05, 0.1) is 5.02 Å². The second kappa shape index (κ2) is 13.3. The van der Waals surface area contributed by atoms with Crippen molar-refractivity contribution in [1.29, 1.82) is 0 Å². The number of halogens is 2. The first-order valence-electron chi connectivity index (χ1n) is 13.3. The van der Waals surface area contributed by atoms with E-state index in [9.17, 15) is 13.2 Å². The van der Waals surface area contributed by atoms with Crippen molar-refractivity contribution in [3.05, 3.63) is 94.0 Å². The van der Waals surface area contributed by atoms with Gasteiger partial charge in [0.1, 0.15) is 4.90 Å². The molecular weight excluding hydrogens is 553 g/mol. The zero-order chi connectivity index (χ0) is 28.0. The van der Waals surface area contributed by atoms with Crippen LogP contribution in [0.25, 0.3) is 0 Å². The topological polar surface area (TPSA) is 78.5 Å². The molecule has 9 heteroatoms. The summed E-state index contributed by atoms with van der Waals surface area (Å²) in [4.78, 5) is 14.5. The molecule has 4 rings (SSSR count). The number of hydrogen-bond acceptors (Lipinski definition) is 4. The molecule has 0 unspecified atom stereocenters. The number of carbonyl (C=O) groups excluding carboxylic acids is 1. The Morgan fingerprint density at radius 1 is 0.974 bits per heavy atom. The Bertz CT molecular complexity index is 1380. The van der Waals surface area contributed by atoms with Crippen molar-refractivity contribution in [1.82, 2.24) is 9.62 Å². The number of sulfonamides is 1. The lowest BCUT2D eigenvalue weighted by molar-refractivity contribution is -0.118. The molecule has 1 heterocycles. The first kappa shape index (κ1) is 29.6. The van der Waals surface area contributed by atoms with Gasteiger partial charge >= 0.3 is 0 Å². The number of hydrogen-bond donors (Lipinski definition) is 2. The van der Waals surface area contributed by atoms with E-state index in [2.05, 4.69) is 27.1 Å². The lowest BCUT2D eigenvalue weighted by Gasteiger charge is -2.33. The van der Waals surface area contributed by atoms with Crippen LogP contribution < -0.4 is 10.0 Å². The van der Waals surface area contributed by atoms with Crippen molar-refractivity contribution < 1.29 is 13.2 Å². The second-order valence-electron chi connectivity index (χ2n) is 10.3. The lowest BCUT2D eigenvalue weighted by Crippen LogP contribution is -2.36. The van der Waals surface area contributed by atoms with Gasteiger partial charge in [0.2, 0.25) is 15.9 Å². The Morgan fingerprint density at radius 3 is 2.38 bits per heavy atom. The molecule has 1 saturated heterocycles. The molecule has 3 aromatic rings. The summed E-state index contributed by atoms with van der Waals surface area (Å²) in [6.45, 7) is 6.36. The molecule has 0 aliphatic carbocycles. The third-order valence-electron chi connectivity index (χ3n) is 7.15. The zero-order valence-electron chi connectivity index (χ0n) is 22.2. The Morgan fingerprint density at radius 2 is 1.69 bits per heavy atom. The van der Waals surface area contributed by atoms with Gasteiger partial charge in [-0.2, -0.15) is 0 Å². The van der Waals surface area contributed by atoms with Crippen molar-refractivity contribution in [2.24, 2.45) is 5.92 Å². The molecule has 0 aromatic heterocycles. The normalized spacial score (nSPS) is 15.8. The van der Waals surface area contributed by atoms with E-state index >= 15 is 0 Å². The molecule has 2 N–H and O–H groups in total. The Labute approximate surface area is 241 Å². The Hall–Kier alpha value is -2.42. The van der Waals surface area contributed by atoms with Gasteiger partial charge in [0, 0.05) is 22.7 Å². The molecule has 0 spiro atoms. The van der Waals surface area contributed by atoms with Crippen LogP contribution >= 0.6 is 23.2 Å². The van der Waals surface area contributed by atoms with Gasteiger partial charge in [0.25, 0.3) is 0 Å². The number of anilines is 1. The second-order valence-corrected chi connectivity index (χ2v) is 12.9. The molecule has 1 atom stereocenters. The van der Waals surface area contributed by atoms with E-state index < -0.39 is 16.1 Å². The quantitative estimate of drug-likeness (QED) is 0.271. The van der Waals surface area contributed by atoms with Crippen molar-refractivity contribution in [3.63, 3.8) is 0 Å². The number of carbonyl (C=O) groups is 1. The summed E-state index contributed by atoms with van der Waals surface area (Å²) in [6.07, 6.45) is 2.62. The maximum absolute atomic E-state index is 13.3. The lowest BCUT2D eigenvalue weighted by atomic mass is 9.89. The molecular formula is C30H35Cl2N3O3S. The van der Waals surface area contributed by atoms with Crippen LogP contribution in [0.1, 0.15) is 56.2 Å². The van der Waals surface area contributed by atoms with Crippen molar-refractivity contribution in [3.8, 4) is 0 Å². The minimum Gasteiger partial charge on any atom is -0.326 e. The number of piperidine rings is 1. The number of amides is 1. The summed E-state index contributed by atoms with van der Waals surface area (Å²) in [5.41, 5.74) is 2.98. The molecule has 3 aromatic carbocycles. The summed E-state index contributed by atoms with van der Waals surface area (Å²) in [5.74, 6) is 0.373. The average molecular weight is 589 g/mol. The molecule has 1 fully saturated rings. The molecule has 6 nitrogen and oxygen atoms in total. The summed E-state index contributed by atoms with van der Waals surface area (Å²) in [7, 11) is -3.89. The van der Waals surface area contributed by atoms with Crippen LogP contribution in [0.15, 0.2) is 77.7 Å². The predicted octanol–water partition coefficient (Wildman–Crippen LogP) is 6.88. The van der Waals surface area contributed by atoms with E-state index in [4.69, 9.17) is 23.2 Å². The molecule has 39 heavy (non-hydrogen) atoms. The van der Waals surface area contributed by atoms with Crippen LogP contribution in [0.2, 0.25) is 10.0 Å². The Balaban J connectivity index is 1.39. The highest BCUT2D eigenvalue weighted by molar-refractivity contribution is 7.89. The maximum Gasteiger partial charge on any atom is 0.242 e. The summed E-state index contributed by atoms with van der Waals surface area (Å²) in [6, 6.07) is 21.8. The number of rotatable bonds is 10. The first-order chi connectivity index (χ1) is 18.6. The molecule has 1 aliphatic heterocycles. The number of nitrogens with one attached hydrogen (secondary N) is 2. The van der Waals surface area contributed by atoms with E-state index in [1.165, 1.54) is 17.7 Å². The summed E-state index contributed by atoms with van der Waals surface area (Å²) in [5, 5.41) is 3.44. The predicted molar refractivity (Wildman–Crippen MR) is 159 cm³/mol. The number of nitrogens with zero attached hydrogens (tertiary/aromatic N) is 1. The zero-order valence-corrected chi connectivity index (χ0v) is 24.6. The van der Waals surface area contributed by atoms with Crippen LogP contribution in [0, 0.1) is 5.92 Å². The number of benzene rings is 3. The average Bonchev–Trinajstić information content (AvgIpc) is 2.93. The first-order valence-corrected chi connectivity index (χ1v) is 15.5. The van der Waals surface area contributed by atoms with Gasteiger partial charge in [-0.25, -0.2) is 13.1 Å². The number of likely N-dealkylation sites (tertiary alicyclic amines) is 1. The fraction of sp³-hybridized carbons (Fsp3) is 0.367. The molecule has 0 bridgehead atoms. The van der Waals surface area contributed by atoms with Crippen LogP contribution in [-0.2, 0) is 14.8 Å². The third-order valence-corrected chi connectivity index (χ3v) is 9.34. The van der Waals surface area contributed by atoms with Gasteiger partial charge < -0.3 is 10.2 Å². The smallest absolute Gasteiger partial charge is 0.242 e. The summed E-state index contributed by atoms with van der Waals surface area (Å²) < 4.78 is 29.4. The van der Waals surface area contributed by atoms with Gasteiger partial charge in [-0.1, -0.05) is 79.5 Å². The molecule has 208 valence electrons. The van der Waals surface area contributed by atoms with Crippen LogP contribution in [-0.4, -0.2) is 38.9 Å². The van der Waals surface area contributed by atoms with Gasteiger partial charge in [0.15, 0.2) is 0 Å². The SMILES string of the molecule is CC(C)C(=O)Nc1cccc(C2CCN(CC[C@H](NS(=O)(=O)c3cc(Cl)ccc3Cl)c3ccccc3)CC2)c1.